The van der Waals surface area contributed by atoms with Crippen LogP contribution in [0.25, 0.3) is 0 Å². The van der Waals surface area contributed by atoms with Crippen LogP contribution in [-0.4, -0.2) is 34.3 Å². The van der Waals surface area contributed by atoms with Crippen molar-refractivity contribution in [3.63, 3.8) is 0 Å². The number of guanidine groups is 1. The first-order valence-electron chi connectivity index (χ1n) is 7.28. The molecule has 0 aliphatic rings. The summed E-state index contributed by atoms with van der Waals surface area (Å²) in [4.78, 5) is 4.15. The first-order chi connectivity index (χ1) is 10.7. The highest BCUT2D eigenvalue weighted by molar-refractivity contribution is 14.0. The van der Waals surface area contributed by atoms with Gasteiger partial charge in [-0.15, -0.1) is 34.2 Å². The molecular weight excluding hydrogens is 410 g/mol. The second-order valence-electron chi connectivity index (χ2n) is 4.78. The van der Waals surface area contributed by atoms with Gasteiger partial charge < -0.3 is 15.2 Å². The molecule has 1 aromatic carbocycles. The molecule has 126 valence electrons. The Morgan fingerprint density at radius 2 is 2.17 bits per heavy atom. The average molecular weight is 432 g/mol. The molecule has 2 aromatic rings. The van der Waals surface area contributed by atoms with Gasteiger partial charge in [-0.05, 0) is 17.7 Å². The van der Waals surface area contributed by atoms with Crippen molar-refractivity contribution in [1.29, 1.82) is 0 Å². The highest BCUT2D eigenvalue weighted by Gasteiger charge is 2.02. The Hall–Kier alpha value is -1.71. The SMILES string of the molecule is CCc1nncn1CCNC(=NC)NCc1cccc(F)c1.I. The largest absolute Gasteiger partial charge is 0.355 e. The minimum Gasteiger partial charge on any atom is -0.355 e. The summed E-state index contributed by atoms with van der Waals surface area (Å²) in [5.74, 6) is 1.40. The van der Waals surface area contributed by atoms with Crippen LogP contribution in [0.15, 0.2) is 35.6 Å². The van der Waals surface area contributed by atoms with Crippen LogP contribution in [0.2, 0.25) is 0 Å². The molecule has 0 fully saturated rings. The molecule has 0 bridgehead atoms. The van der Waals surface area contributed by atoms with Gasteiger partial charge in [-0.25, -0.2) is 4.39 Å². The van der Waals surface area contributed by atoms with Gasteiger partial charge in [0.25, 0.3) is 0 Å². The number of rotatable bonds is 6. The van der Waals surface area contributed by atoms with Gasteiger partial charge in [-0.2, -0.15) is 0 Å². The highest BCUT2D eigenvalue weighted by atomic mass is 127. The van der Waals surface area contributed by atoms with Crippen molar-refractivity contribution in [1.82, 2.24) is 25.4 Å². The summed E-state index contributed by atoms with van der Waals surface area (Å²) >= 11 is 0. The molecule has 2 N–H and O–H groups in total. The summed E-state index contributed by atoms with van der Waals surface area (Å²) in [6.45, 7) is 4.03. The predicted octanol–water partition coefficient (Wildman–Crippen LogP) is 1.96. The Balaban J connectivity index is 0.00000264. The summed E-state index contributed by atoms with van der Waals surface area (Å²) in [6.07, 6.45) is 2.58. The molecule has 0 unspecified atom stereocenters. The standard InChI is InChI=1S/C15H21FN6.HI/c1-3-14-21-20-11-22(14)8-7-18-15(17-2)19-10-12-5-4-6-13(16)9-12;/h4-6,9,11H,3,7-8,10H2,1-2H3,(H2,17,18,19);1H. The number of aryl methyl sites for hydroxylation is 1. The lowest BCUT2D eigenvalue weighted by Gasteiger charge is -2.12. The lowest BCUT2D eigenvalue weighted by Crippen LogP contribution is -2.38. The number of halogens is 2. The summed E-state index contributed by atoms with van der Waals surface area (Å²) in [7, 11) is 1.71. The van der Waals surface area contributed by atoms with E-state index in [-0.39, 0.29) is 29.8 Å². The summed E-state index contributed by atoms with van der Waals surface area (Å²) < 4.78 is 15.1. The predicted molar refractivity (Wildman–Crippen MR) is 99.4 cm³/mol. The molecule has 0 atom stereocenters. The Labute approximate surface area is 152 Å². The Morgan fingerprint density at radius 1 is 1.35 bits per heavy atom. The molecule has 0 saturated heterocycles. The molecule has 23 heavy (non-hydrogen) atoms. The van der Waals surface area contributed by atoms with Crippen LogP contribution in [0.3, 0.4) is 0 Å². The van der Waals surface area contributed by atoms with Gasteiger partial charge in [0.1, 0.15) is 18.0 Å². The maximum Gasteiger partial charge on any atom is 0.191 e. The molecule has 0 aliphatic carbocycles. The lowest BCUT2D eigenvalue weighted by molar-refractivity contribution is 0.622. The maximum absolute atomic E-state index is 13.1. The zero-order chi connectivity index (χ0) is 15.8. The van der Waals surface area contributed by atoms with Crippen molar-refractivity contribution in [2.45, 2.75) is 26.4 Å². The van der Waals surface area contributed by atoms with Crippen LogP contribution in [-0.2, 0) is 19.5 Å². The van der Waals surface area contributed by atoms with Gasteiger partial charge >= 0.3 is 0 Å². The number of nitrogens with one attached hydrogen (secondary N) is 2. The number of benzene rings is 1. The van der Waals surface area contributed by atoms with E-state index in [4.69, 9.17) is 0 Å². The molecule has 2 rings (SSSR count). The lowest BCUT2D eigenvalue weighted by atomic mass is 10.2. The normalized spacial score (nSPS) is 11.0. The molecule has 1 aromatic heterocycles. The Kier molecular flexibility index (Phi) is 8.52. The fraction of sp³-hybridized carbons (Fsp3) is 0.400. The smallest absolute Gasteiger partial charge is 0.191 e. The van der Waals surface area contributed by atoms with Gasteiger partial charge in [-0.3, -0.25) is 4.99 Å². The van der Waals surface area contributed by atoms with E-state index in [1.807, 2.05) is 17.6 Å². The third kappa shape index (κ3) is 6.12. The molecule has 0 saturated carbocycles. The quantitative estimate of drug-likeness (QED) is 0.416. The van der Waals surface area contributed by atoms with Crippen LogP contribution < -0.4 is 10.6 Å². The van der Waals surface area contributed by atoms with E-state index in [9.17, 15) is 4.39 Å². The summed E-state index contributed by atoms with van der Waals surface area (Å²) in [5.41, 5.74) is 0.870. The first-order valence-corrected chi connectivity index (χ1v) is 7.28. The minimum absolute atomic E-state index is 0. The molecule has 1 heterocycles. The van der Waals surface area contributed by atoms with Crippen LogP contribution in [0.4, 0.5) is 4.39 Å². The molecule has 6 nitrogen and oxygen atoms in total. The van der Waals surface area contributed by atoms with Crippen LogP contribution >= 0.6 is 24.0 Å². The van der Waals surface area contributed by atoms with Crippen LogP contribution in [0, 0.1) is 5.82 Å². The number of aliphatic imine (C=N–C) groups is 1. The van der Waals surface area contributed by atoms with Gasteiger partial charge in [0.15, 0.2) is 5.96 Å². The first kappa shape index (κ1) is 19.3. The topological polar surface area (TPSA) is 67.1 Å². The molecule has 0 radical (unpaired) electrons. The molecule has 8 heteroatoms. The molecular formula is C15H22FIN6. The minimum atomic E-state index is -0.234. The molecule has 0 amide bonds. The van der Waals surface area contributed by atoms with E-state index in [0.717, 1.165) is 24.4 Å². The van der Waals surface area contributed by atoms with Crippen molar-refractivity contribution in [2.75, 3.05) is 13.6 Å². The summed E-state index contributed by atoms with van der Waals surface area (Å²) in [6, 6.07) is 6.50. The van der Waals surface area contributed by atoms with Gasteiger partial charge in [0, 0.05) is 33.1 Å². The fourth-order valence-electron chi connectivity index (χ4n) is 2.09. The summed E-state index contributed by atoms with van der Waals surface area (Å²) in [5, 5.41) is 14.3. The van der Waals surface area contributed by atoms with E-state index >= 15 is 0 Å². The average Bonchev–Trinajstić information content (AvgIpc) is 2.98. The Bertz CT molecular complexity index is 628. The van der Waals surface area contributed by atoms with E-state index in [1.54, 1.807) is 19.4 Å². The van der Waals surface area contributed by atoms with Gasteiger partial charge in [0.05, 0.1) is 0 Å². The molecule has 0 aliphatic heterocycles. The van der Waals surface area contributed by atoms with E-state index < -0.39 is 0 Å². The van der Waals surface area contributed by atoms with E-state index in [1.165, 1.54) is 12.1 Å². The monoisotopic (exact) mass is 432 g/mol. The van der Waals surface area contributed by atoms with Crippen molar-refractivity contribution in [2.24, 2.45) is 4.99 Å². The second-order valence-corrected chi connectivity index (χ2v) is 4.78. The van der Waals surface area contributed by atoms with Crippen molar-refractivity contribution < 1.29 is 4.39 Å². The number of nitrogens with zero attached hydrogens (tertiary/aromatic N) is 4. The third-order valence-corrected chi connectivity index (χ3v) is 3.23. The van der Waals surface area contributed by atoms with E-state index in [0.29, 0.717) is 19.0 Å². The van der Waals surface area contributed by atoms with Crippen molar-refractivity contribution in [3.8, 4) is 0 Å². The number of hydrogen-bond acceptors (Lipinski definition) is 3. The van der Waals surface area contributed by atoms with Gasteiger partial charge in [0.2, 0.25) is 0 Å². The molecule has 0 spiro atoms. The van der Waals surface area contributed by atoms with Crippen LogP contribution in [0.5, 0.6) is 0 Å². The zero-order valence-corrected chi connectivity index (χ0v) is 15.6. The van der Waals surface area contributed by atoms with Gasteiger partial charge in [-0.1, -0.05) is 19.1 Å². The number of hydrogen-bond donors (Lipinski definition) is 2. The Morgan fingerprint density at radius 3 is 2.87 bits per heavy atom. The highest BCUT2D eigenvalue weighted by Crippen LogP contribution is 2.02. The van der Waals surface area contributed by atoms with Crippen LogP contribution in [0.1, 0.15) is 18.3 Å². The number of aromatic nitrogens is 3. The fourth-order valence-corrected chi connectivity index (χ4v) is 2.09. The maximum atomic E-state index is 13.1. The van der Waals surface area contributed by atoms with Crippen molar-refractivity contribution >= 4 is 29.9 Å². The third-order valence-electron chi connectivity index (χ3n) is 3.23. The zero-order valence-electron chi connectivity index (χ0n) is 13.3. The van der Waals surface area contributed by atoms with Crippen molar-refractivity contribution in [3.05, 3.63) is 47.8 Å². The second kappa shape index (κ2) is 10.1. The van der Waals surface area contributed by atoms with E-state index in [2.05, 4.69) is 25.8 Å².